The Morgan fingerprint density at radius 2 is 1.16 bits per heavy atom. The molecule has 4 rings (SSSR count). The largest absolute Gasteiger partial charge is 0.253 e. The van der Waals surface area contributed by atoms with Gasteiger partial charge in [0.05, 0.1) is 0 Å². The molecule has 0 unspecified atom stereocenters. The normalized spacial score (nSPS) is 10.6. The first-order valence-electron chi connectivity index (χ1n) is 7.78. The van der Waals surface area contributed by atoms with Crippen molar-refractivity contribution in [3.63, 3.8) is 0 Å². The van der Waals surface area contributed by atoms with Gasteiger partial charge in [0.1, 0.15) is 5.69 Å². The van der Waals surface area contributed by atoms with Gasteiger partial charge >= 0.3 is 0 Å². The average Bonchev–Trinajstić information content (AvgIpc) is 2.69. The molecular weight excluding hydrogens is 332 g/mol. The van der Waals surface area contributed by atoms with Crippen molar-refractivity contribution in [3.8, 4) is 34.3 Å². The Hall–Kier alpha value is -3.11. The van der Waals surface area contributed by atoms with Crippen LogP contribution in [-0.2, 0) is 0 Å². The maximum absolute atomic E-state index is 5.99. The summed E-state index contributed by atoms with van der Waals surface area (Å²) in [6.07, 6.45) is 1.73. The first kappa shape index (κ1) is 15.4. The van der Waals surface area contributed by atoms with Crippen molar-refractivity contribution < 1.29 is 0 Å². The number of rotatable bonds is 3. The molecule has 2 aromatic heterocycles. The summed E-state index contributed by atoms with van der Waals surface area (Å²) in [6, 6.07) is 22.9. The standard InChI is InChI=1S/C20H13ClN4/c21-16-11-9-15(10-12-16)19-23-18(14-6-2-1-3-7-14)24-20(25-19)17-8-4-5-13-22-17/h1-13H. The molecule has 0 aliphatic carbocycles. The summed E-state index contributed by atoms with van der Waals surface area (Å²) in [5.41, 5.74) is 2.51. The van der Waals surface area contributed by atoms with E-state index in [1.807, 2.05) is 72.8 Å². The number of hydrogen-bond donors (Lipinski definition) is 0. The van der Waals surface area contributed by atoms with Crippen molar-refractivity contribution in [1.29, 1.82) is 0 Å². The molecule has 120 valence electrons. The third-order valence-electron chi connectivity index (χ3n) is 3.66. The molecule has 0 saturated carbocycles. The minimum absolute atomic E-state index is 0.541. The van der Waals surface area contributed by atoms with Crippen molar-refractivity contribution in [3.05, 3.63) is 84.0 Å². The fraction of sp³-hybridized carbons (Fsp3) is 0. The lowest BCUT2D eigenvalue weighted by atomic mass is 10.2. The Morgan fingerprint density at radius 3 is 1.80 bits per heavy atom. The van der Waals surface area contributed by atoms with E-state index in [4.69, 9.17) is 11.6 Å². The smallest absolute Gasteiger partial charge is 0.182 e. The number of pyridine rings is 1. The van der Waals surface area contributed by atoms with Crippen molar-refractivity contribution in [1.82, 2.24) is 19.9 Å². The zero-order valence-electron chi connectivity index (χ0n) is 13.2. The van der Waals surface area contributed by atoms with Gasteiger partial charge in [-0.1, -0.05) is 48.0 Å². The van der Waals surface area contributed by atoms with Gasteiger partial charge in [0.15, 0.2) is 17.5 Å². The lowest BCUT2D eigenvalue weighted by molar-refractivity contribution is 1.06. The minimum atomic E-state index is 0.541. The fourth-order valence-electron chi connectivity index (χ4n) is 2.43. The van der Waals surface area contributed by atoms with Gasteiger partial charge in [0.25, 0.3) is 0 Å². The number of benzene rings is 2. The van der Waals surface area contributed by atoms with Crippen LogP contribution in [0.5, 0.6) is 0 Å². The Balaban J connectivity index is 1.90. The van der Waals surface area contributed by atoms with Crippen LogP contribution in [0.3, 0.4) is 0 Å². The predicted octanol–water partition coefficient (Wildman–Crippen LogP) is 4.92. The number of aromatic nitrogens is 4. The summed E-state index contributed by atoms with van der Waals surface area (Å²) >= 11 is 5.99. The molecule has 0 aliphatic heterocycles. The van der Waals surface area contributed by atoms with Gasteiger partial charge in [-0.05, 0) is 36.4 Å². The highest BCUT2D eigenvalue weighted by molar-refractivity contribution is 6.30. The molecule has 0 fully saturated rings. The van der Waals surface area contributed by atoms with Crippen LogP contribution in [0.2, 0.25) is 5.02 Å². The van der Waals surface area contributed by atoms with E-state index < -0.39 is 0 Å². The molecular formula is C20H13ClN4. The Kier molecular flexibility index (Phi) is 4.19. The van der Waals surface area contributed by atoms with Gasteiger partial charge in [-0.25, -0.2) is 15.0 Å². The Bertz CT molecular complexity index is 929. The SMILES string of the molecule is Clc1ccc(-c2nc(-c3ccccc3)nc(-c3ccccn3)n2)cc1. The van der Waals surface area contributed by atoms with E-state index in [2.05, 4.69) is 19.9 Å². The summed E-state index contributed by atoms with van der Waals surface area (Å²) in [4.78, 5) is 18.2. The third kappa shape index (κ3) is 3.39. The predicted molar refractivity (Wildman–Crippen MR) is 98.9 cm³/mol. The van der Waals surface area contributed by atoms with Gasteiger partial charge in [0, 0.05) is 22.3 Å². The quantitative estimate of drug-likeness (QED) is 0.529. The molecule has 2 aromatic carbocycles. The summed E-state index contributed by atoms with van der Waals surface area (Å²) in [5, 5.41) is 0.672. The zero-order chi connectivity index (χ0) is 17.1. The average molecular weight is 345 g/mol. The van der Waals surface area contributed by atoms with Gasteiger partial charge in [-0.3, -0.25) is 4.98 Å². The number of halogens is 1. The summed E-state index contributed by atoms with van der Waals surface area (Å²) in [6.45, 7) is 0. The highest BCUT2D eigenvalue weighted by Crippen LogP contribution is 2.24. The first-order valence-corrected chi connectivity index (χ1v) is 8.16. The maximum atomic E-state index is 5.99. The lowest BCUT2D eigenvalue weighted by Crippen LogP contribution is -2.00. The minimum Gasteiger partial charge on any atom is -0.253 e. The highest BCUT2D eigenvalue weighted by Gasteiger charge is 2.12. The van der Waals surface area contributed by atoms with E-state index in [-0.39, 0.29) is 0 Å². The topological polar surface area (TPSA) is 51.6 Å². The van der Waals surface area contributed by atoms with E-state index in [1.165, 1.54) is 0 Å². The van der Waals surface area contributed by atoms with E-state index in [0.29, 0.717) is 28.2 Å². The second kappa shape index (κ2) is 6.79. The highest BCUT2D eigenvalue weighted by atomic mass is 35.5. The van der Waals surface area contributed by atoms with E-state index in [1.54, 1.807) is 6.20 Å². The van der Waals surface area contributed by atoms with Crippen molar-refractivity contribution >= 4 is 11.6 Å². The second-order valence-corrected chi connectivity index (χ2v) is 5.83. The molecule has 0 bridgehead atoms. The molecule has 0 radical (unpaired) electrons. The zero-order valence-corrected chi connectivity index (χ0v) is 13.9. The van der Waals surface area contributed by atoms with Crippen LogP contribution < -0.4 is 0 Å². The summed E-state index contributed by atoms with van der Waals surface area (Å²) in [7, 11) is 0. The van der Waals surface area contributed by atoms with Crippen LogP contribution in [0.15, 0.2) is 79.0 Å². The van der Waals surface area contributed by atoms with Gasteiger partial charge < -0.3 is 0 Å². The maximum Gasteiger partial charge on any atom is 0.182 e. The van der Waals surface area contributed by atoms with Crippen molar-refractivity contribution in [2.24, 2.45) is 0 Å². The lowest BCUT2D eigenvalue weighted by Gasteiger charge is -2.07. The molecule has 0 amide bonds. The van der Waals surface area contributed by atoms with Crippen LogP contribution in [0, 0.1) is 0 Å². The molecule has 2 heterocycles. The van der Waals surface area contributed by atoms with Crippen LogP contribution >= 0.6 is 11.6 Å². The van der Waals surface area contributed by atoms with Gasteiger partial charge in [-0.2, -0.15) is 0 Å². The molecule has 0 spiro atoms. The number of hydrogen-bond acceptors (Lipinski definition) is 4. The van der Waals surface area contributed by atoms with Crippen LogP contribution in [0.25, 0.3) is 34.3 Å². The molecule has 0 atom stereocenters. The summed E-state index contributed by atoms with van der Waals surface area (Å²) in [5.74, 6) is 1.74. The number of nitrogens with zero attached hydrogens (tertiary/aromatic N) is 4. The van der Waals surface area contributed by atoms with Crippen LogP contribution in [0.4, 0.5) is 0 Å². The van der Waals surface area contributed by atoms with Crippen molar-refractivity contribution in [2.45, 2.75) is 0 Å². The monoisotopic (exact) mass is 344 g/mol. The summed E-state index contributed by atoms with van der Waals surface area (Å²) < 4.78 is 0. The molecule has 0 N–H and O–H groups in total. The van der Waals surface area contributed by atoms with E-state index in [9.17, 15) is 0 Å². The Morgan fingerprint density at radius 1 is 0.560 bits per heavy atom. The molecule has 0 aliphatic rings. The van der Waals surface area contributed by atoms with E-state index >= 15 is 0 Å². The van der Waals surface area contributed by atoms with Gasteiger partial charge in [0.2, 0.25) is 0 Å². The van der Waals surface area contributed by atoms with Crippen molar-refractivity contribution in [2.75, 3.05) is 0 Å². The first-order chi connectivity index (χ1) is 12.3. The molecule has 4 nitrogen and oxygen atoms in total. The van der Waals surface area contributed by atoms with Gasteiger partial charge in [-0.15, -0.1) is 0 Å². The second-order valence-electron chi connectivity index (χ2n) is 5.39. The van der Waals surface area contributed by atoms with Crippen LogP contribution in [-0.4, -0.2) is 19.9 Å². The molecule has 4 aromatic rings. The van der Waals surface area contributed by atoms with Crippen LogP contribution in [0.1, 0.15) is 0 Å². The third-order valence-corrected chi connectivity index (χ3v) is 3.92. The molecule has 0 saturated heterocycles. The Labute approximate surface area is 150 Å². The molecule has 25 heavy (non-hydrogen) atoms. The van der Waals surface area contributed by atoms with E-state index in [0.717, 1.165) is 11.1 Å². The molecule has 5 heteroatoms. The fourth-order valence-corrected chi connectivity index (χ4v) is 2.56.